The summed E-state index contributed by atoms with van der Waals surface area (Å²) in [6.45, 7) is 0. The zero-order chi connectivity index (χ0) is 13.2. The predicted molar refractivity (Wildman–Crippen MR) is 79.1 cm³/mol. The van der Waals surface area contributed by atoms with E-state index in [9.17, 15) is 4.79 Å². The second-order valence-electron chi connectivity index (χ2n) is 4.77. The Kier molecular flexibility index (Phi) is 3.38. The first-order valence-electron chi connectivity index (χ1n) is 6.38. The van der Waals surface area contributed by atoms with E-state index >= 15 is 0 Å². The summed E-state index contributed by atoms with van der Waals surface area (Å²) in [5.74, 6) is -0.0111. The fourth-order valence-corrected chi connectivity index (χ4v) is 2.98. The number of amides is 1. The second-order valence-corrected chi connectivity index (χ2v) is 5.69. The molecular weight excluding hydrogens is 302 g/mol. The Balaban J connectivity index is 1.78. The SMILES string of the molecule is O=C(N[C@H]1CCc2ccccc21)c1cccc(Br)c1. The van der Waals surface area contributed by atoms with Crippen LogP contribution in [0.4, 0.5) is 0 Å². The molecule has 0 aliphatic heterocycles. The Bertz CT molecular complexity index is 624. The smallest absolute Gasteiger partial charge is 0.251 e. The fourth-order valence-electron chi connectivity index (χ4n) is 2.58. The summed E-state index contributed by atoms with van der Waals surface area (Å²) in [5.41, 5.74) is 3.30. The molecule has 1 aliphatic rings. The molecule has 3 heteroatoms. The molecule has 2 aromatic carbocycles. The Labute approximate surface area is 121 Å². The molecule has 19 heavy (non-hydrogen) atoms. The topological polar surface area (TPSA) is 29.1 Å². The van der Waals surface area contributed by atoms with E-state index in [1.165, 1.54) is 11.1 Å². The Morgan fingerprint density at radius 1 is 1.16 bits per heavy atom. The van der Waals surface area contributed by atoms with Crippen LogP contribution in [-0.4, -0.2) is 5.91 Å². The normalized spacial score (nSPS) is 17.0. The van der Waals surface area contributed by atoms with Crippen molar-refractivity contribution in [3.05, 3.63) is 69.7 Å². The van der Waals surface area contributed by atoms with Gasteiger partial charge in [-0.3, -0.25) is 4.79 Å². The van der Waals surface area contributed by atoms with Gasteiger partial charge in [-0.2, -0.15) is 0 Å². The summed E-state index contributed by atoms with van der Waals surface area (Å²) in [4.78, 5) is 12.2. The maximum atomic E-state index is 12.2. The van der Waals surface area contributed by atoms with Gasteiger partial charge in [-0.05, 0) is 42.2 Å². The van der Waals surface area contributed by atoms with Crippen molar-refractivity contribution in [3.8, 4) is 0 Å². The van der Waals surface area contributed by atoms with Crippen LogP contribution in [0.25, 0.3) is 0 Å². The monoisotopic (exact) mass is 315 g/mol. The van der Waals surface area contributed by atoms with E-state index in [1.807, 2.05) is 30.3 Å². The van der Waals surface area contributed by atoms with Crippen molar-refractivity contribution >= 4 is 21.8 Å². The van der Waals surface area contributed by atoms with Crippen molar-refractivity contribution in [2.75, 3.05) is 0 Å². The van der Waals surface area contributed by atoms with Crippen LogP contribution in [0.3, 0.4) is 0 Å². The predicted octanol–water partition coefficient (Wildman–Crippen LogP) is 3.87. The van der Waals surface area contributed by atoms with Crippen LogP contribution in [0.15, 0.2) is 53.0 Å². The van der Waals surface area contributed by atoms with Gasteiger partial charge in [-0.15, -0.1) is 0 Å². The summed E-state index contributed by atoms with van der Waals surface area (Å²) in [6, 6.07) is 15.9. The second kappa shape index (κ2) is 5.17. The van der Waals surface area contributed by atoms with Crippen molar-refractivity contribution < 1.29 is 4.79 Å². The van der Waals surface area contributed by atoms with Crippen LogP contribution in [0, 0.1) is 0 Å². The van der Waals surface area contributed by atoms with Crippen LogP contribution in [0.2, 0.25) is 0 Å². The van der Waals surface area contributed by atoms with Gasteiger partial charge in [0.25, 0.3) is 5.91 Å². The maximum absolute atomic E-state index is 12.2. The molecule has 1 atom stereocenters. The van der Waals surface area contributed by atoms with E-state index in [2.05, 4.69) is 39.4 Å². The lowest BCUT2D eigenvalue weighted by Gasteiger charge is -2.14. The van der Waals surface area contributed by atoms with E-state index in [4.69, 9.17) is 0 Å². The average molecular weight is 316 g/mol. The third-order valence-electron chi connectivity index (χ3n) is 3.52. The third kappa shape index (κ3) is 2.56. The molecule has 0 bridgehead atoms. The summed E-state index contributed by atoms with van der Waals surface area (Å²) < 4.78 is 0.923. The van der Waals surface area contributed by atoms with E-state index in [0.29, 0.717) is 5.56 Å². The lowest BCUT2D eigenvalue weighted by molar-refractivity contribution is 0.0936. The summed E-state index contributed by atoms with van der Waals surface area (Å²) >= 11 is 3.39. The van der Waals surface area contributed by atoms with Gasteiger partial charge in [0.2, 0.25) is 0 Å². The molecule has 2 aromatic rings. The van der Waals surface area contributed by atoms with E-state index in [1.54, 1.807) is 0 Å². The number of rotatable bonds is 2. The molecule has 0 aromatic heterocycles. The zero-order valence-corrected chi connectivity index (χ0v) is 12.0. The molecule has 96 valence electrons. The molecular formula is C16H14BrNO. The number of hydrogen-bond acceptors (Lipinski definition) is 1. The largest absolute Gasteiger partial charge is 0.345 e. The van der Waals surface area contributed by atoms with Crippen LogP contribution in [0.1, 0.15) is 33.9 Å². The Morgan fingerprint density at radius 3 is 2.84 bits per heavy atom. The van der Waals surface area contributed by atoms with Crippen LogP contribution in [-0.2, 0) is 6.42 Å². The molecule has 0 heterocycles. The lowest BCUT2D eigenvalue weighted by atomic mass is 10.1. The first-order chi connectivity index (χ1) is 9.24. The van der Waals surface area contributed by atoms with Gasteiger partial charge in [0.15, 0.2) is 0 Å². The van der Waals surface area contributed by atoms with Crippen LogP contribution >= 0.6 is 15.9 Å². The van der Waals surface area contributed by atoms with Crippen LogP contribution < -0.4 is 5.32 Å². The van der Waals surface area contributed by atoms with E-state index in [0.717, 1.165) is 17.3 Å². The average Bonchev–Trinajstić information content (AvgIpc) is 2.82. The zero-order valence-electron chi connectivity index (χ0n) is 10.4. The molecule has 0 saturated carbocycles. The number of fused-ring (bicyclic) bond motifs is 1. The minimum absolute atomic E-state index is 0.0111. The standard InChI is InChI=1S/C16H14BrNO/c17-13-6-3-5-12(10-13)16(19)18-15-9-8-11-4-1-2-7-14(11)15/h1-7,10,15H,8-9H2,(H,18,19)/t15-/m0/s1. The molecule has 0 unspecified atom stereocenters. The minimum atomic E-state index is -0.0111. The number of carbonyl (C=O) groups is 1. The van der Waals surface area contributed by atoms with Gasteiger partial charge in [0, 0.05) is 10.0 Å². The fraction of sp³-hybridized carbons (Fsp3) is 0.188. The highest BCUT2D eigenvalue weighted by Gasteiger charge is 2.23. The quantitative estimate of drug-likeness (QED) is 0.895. The van der Waals surface area contributed by atoms with E-state index < -0.39 is 0 Å². The molecule has 2 nitrogen and oxygen atoms in total. The highest BCUT2D eigenvalue weighted by atomic mass is 79.9. The number of aryl methyl sites for hydroxylation is 1. The molecule has 1 aliphatic carbocycles. The molecule has 1 amide bonds. The first kappa shape index (κ1) is 12.4. The molecule has 0 fully saturated rings. The van der Waals surface area contributed by atoms with Gasteiger partial charge in [0.05, 0.1) is 6.04 Å². The summed E-state index contributed by atoms with van der Waals surface area (Å²) in [7, 11) is 0. The Hall–Kier alpha value is -1.61. The molecule has 0 spiro atoms. The van der Waals surface area contributed by atoms with Crippen molar-refractivity contribution in [3.63, 3.8) is 0 Å². The summed E-state index contributed by atoms with van der Waals surface area (Å²) in [5, 5.41) is 3.12. The van der Waals surface area contributed by atoms with Crippen molar-refractivity contribution in [2.24, 2.45) is 0 Å². The molecule has 1 N–H and O–H groups in total. The van der Waals surface area contributed by atoms with Gasteiger partial charge in [0.1, 0.15) is 0 Å². The molecule has 0 saturated heterocycles. The molecule has 0 radical (unpaired) electrons. The van der Waals surface area contributed by atoms with Gasteiger partial charge in [-0.25, -0.2) is 0 Å². The highest BCUT2D eigenvalue weighted by Crippen LogP contribution is 2.30. The Morgan fingerprint density at radius 2 is 2.00 bits per heavy atom. The molecule has 3 rings (SSSR count). The maximum Gasteiger partial charge on any atom is 0.251 e. The van der Waals surface area contributed by atoms with Gasteiger partial charge in [-0.1, -0.05) is 46.3 Å². The van der Waals surface area contributed by atoms with Crippen molar-refractivity contribution in [2.45, 2.75) is 18.9 Å². The number of halogens is 1. The van der Waals surface area contributed by atoms with E-state index in [-0.39, 0.29) is 11.9 Å². The van der Waals surface area contributed by atoms with Crippen molar-refractivity contribution in [1.29, 1.82) is 0 Å². The van der Waals surface area contributed by atoms with Crippen LogP contribution in [0.5, 0.6) is 0 Å². The third-order valence-corrected chi connectivity index (χ3v) is 4.02. The first-order valence-corrected chi connectivity index (χ1v) is 7.17. The number of nitrogens with one attached hydrogen (secondary N) is 1. The lowest BCUT2D eigenvalue weighted by Crippen LogP contribution is -2.27. The number of carbonyl (C=O) groups excluding carboxylic acids is 1. The van der Waals surface area contributed by atoms with Gasteiger partial charge < -0.3 is 5.32 Å². The van der Waals surface area contributed by atoms with Crippen molar-refractivity contribution in [1.82, 2.24) is 5.32 Å². The number of hydrogen-bond donors (Lipinski definition) is 1. The highest BCUT2D eigenvalue weighted by molar-refractivity contribution is 9.10. The summed E-state index contributed by atoms with van der Waals surface area (Å²) in [6.07, 6.45) is 2.03. The minimum Gasteiger partial charge on any atom is -0.345 e. The van der Waals surface area contributed by atoms with Gasteiger partial charge >= 0.3 is 0 Å². The number of benzene rings is 2.